The number of hydrogen-bond donors (Lipinski definition) is 1. The molecule has 1 amide bonds. The Kier molecular flexibility index (Phi) is 3.58. The van der Waals surface area contributed by atoms with Crippen molar-refractivity contribution in [1.82, 2.24) is 4.90 Å². The van der Waals surface area contributed by atoms with Crippen LogP contribution in [0.4, 0.5) is 0 Å². The quantitative estimate of drug-likeness (QED) is 0.867. The molecule has 1 atom stereocenters. The van der Waals surface area contributed by atoms with Crippen molar-refractivity contribution in [2.45, 2.75) is 31.8 Å². The molecule has 1 aromatic rings. The standard InChI is InChI=1S/C12H16BrNO3/c1-12(16)4-2-6-14(7-5-12)11(15)9-3-8-17-10(9)13/h3,8,16H,2,4-7H2,1H3. The van der Waals surface area contributed by atoms with Gasteiger partial charge < -0.3 is 14.4 Å². The summed E-state index contributed by atoms with van der Waals surface area (Å²) in [5, 5.41) is 9.97. The van der Waals surface area contributed by atoms with Gasteiger partial charge in [0.1, 0.15) is 0 Å². The second kappa shape index (κ2) is 4.82. The van der Waals surface area contributed by atoms with Crippen LogP contribution >= 0.6 is 15.9 Å². The lowest BCUT2D eigenvalue weighted by atomic mass is 9.98. The predicted octanol–water partition coefficient (Wildman–Crippen LogP) is 2.42. The van der Waals surface area contributed by atoms with Gasteiger partial charge in [0.05, 0.1) is 17.4 Å². The molecule has 0 aromatic carbocycles. The Hall–Kier alpha value is -0.810. The minimum atomic E-state index is -0.650. The molecule has 0 saturated carbocycles. The van der Waals surface area contributed by atoms with Crippen LogP contribution in [-0.2, 0) is 0 Å². The molecule has 4 nitrogen and oxygen atoms in total. The van der Waals surface area contributed by atoms with Crippen LogP contribution in [0, 0.1) is 0 Å². The lowest BCUT2D eigenvalue weighted by Gasteiger charge is -2.22. The average Bonchev–Trinajstić information content (AvgIpc) is 2.59. The first-order chi connectivity index (χ1) is 7.99. The zero-order chi connectivity index (χ0) is 12.5. The van der Waals surface area contributed by atoms with Gasteiger partial charge in [-0.1, -0.05) is 0 Å². The van der Waals surface area contributed by atoms with Gasteiger partial charge in [0.25, 0.3) is 5.91 Å². The van der Waals surface area contributed by atoms with Gasteiger partial charge in [-0.05, 0) is 48.2 Å². The van der Waals surface area contributed by atoms with E-state index < -0.39 is 5.60 Å². The first kappa shape index (κ1) is 12.6. The van der Waals surface area contributed by atoms with Gasteiger partial charge in [-0.3, -0.25) is 4.79 Å². The Morgan fingerprint density at radius 3 is 2.94 bits per heavy atom. The van der Waals surface area contributed by atoms with E-state index in [0.717, 1.165) is 12.8 Å². The molecule has 0 bridgehead atoms. The number of amides is 1. The van der Waals surface area contributed by atoms with Crippen molar-refractivity contribution >= 4 is 21.8 Å². The molecule has 1 unspecified atom stereocenters. The number of carbonyl (C=O) groups is 1. The molecule has 2 rings (SSSR count). The topological polar surface area (TPSA) is 53.7 Å². The molecular weight excluding hydrogens is 286 g/mol. The van der Waals surface area contributed by atoms with Crippen LogP contribution in [0.5, 0.6) is 0 Å². The minimum Gasteiger partial charge on any atom is -0.457 e. The third kappa shape index (κ3) is 2.90. The highest BCUT2D eigenvalue weighted by Crippen LogP contribution is 2.24. The summed E-state index contributed by atoms with van der Waals surface area (Å²) < 4.78 is 5.54. The Labute approximate surface area is 109 Å². The summed E-state index contributed by atoms with van der Waals surface area (Å²) in [5.41, 5.74) is -0.102. The number of carbonyl (C=O) groups excluding carboxylic acids is 1. The van der Waals surface area contributed by atoms with E-state index in [9.17, 15) is 9.90 Å². The van der Waals surface area contributed by atoms with E-state index >= 15 is 0 Å². The molecule has 1 aliphatic rings. The number of hydrogen-bond acceptors (Lipinski definition) is 3. The first-order valence-electron chi connectivity index (χ1n) is 5.74. The predicted molar refractivity (Wildman–Crippen MR) is 66.8 cm³/mol. The number of nitrogens with zero attached hydrogens (tertiary/aromatic N) is 1. The SMILES string of the molecule is CC1(O)CCCN(C(=O)c2ccoc2Br)CC1. The molecule has 17 heavy (non-hydrogen) atoms. The van der Waals surface area contributed by atoms with Crippen molar-refractivity contribution in [3.8, 4) is 0 Å². The highest BCUT2D eigenvalue weighted by Gasteiger charge is 2.28. The lowest BCUT2D eigenvalue weighted by molar-refractivity contribution is 0.0437. The molecule has 1 N–H and O–H groups in total. The Bertz CT molecular complexity index is 414. The maximum atomic E-state index is 12.2. The zero-order valence-corrected chi connectivity index (χ0v) is 11.4. The van der Waals surface area contributed by atoms with Gasteiger partial charge >= 0.3 is 0 Å². The van der Waals surface area contributed by atoms with Crippen molar-refractivity contribution < 1.29 is 14.3 Å². The van der Waals surface area contributed by atoms with Crippen LogP contribution in [0.1, 0.15) is 36.5 Å². The maximum absolute atomic E-state index is 12.2. The summed E-state index contributed by atoms with van der Waals surface area (Å²) in [5.74, 6) is -0.0386. The van der Waals surface area contributed by atoms with Gasteiger partial charge in [0.15, 0.2) is 4.67 Å². The summed E-state index contributed by atoms with van der Waals surface area (Å²) in [4.78, 5) is 14.0. The van der Waals surface area contributed by atoms with Crippen LogP contribution in [0.2, 0.25) is 0 Å². The monoisotopic (exact) mass is 301 g/mol. The van der Waals surface area contributed by atoms with Crippen molar-refractivity contribution in [1.29, 1.82) is 0 Å². The third-order valence-electron chi connectivity index (χ3n) is 3.20. The average molecular weight is 302 g/mol. The Morgan fingerprint density at radius 1 is 1.53 bits per heavy atom. The number of aliphatic hydroxyl groups is 1. The number of halogens is 1. The summed E-state index contributed by atoms with van der Waals surface area (Å²) in [7, 11) is 0. The minimum absolute atomic E-state index is 0.0386. The number of furan rings is 1. The van der Waals surface area contributed by atoms with E-state index in [0.29, 0.717) is 29.7 Å². The highest BCUT2D eigenvalue weighted by atomic mass is 79.9. The molecule has 0 aliphatic carbocycles. The Morgan fingerprint density at radius 2 is 2.29 bits per heavy atom. The molecule has 2 heterocycles. The highest BCUT2D eigenvalue weighted by molar-refractivity contribution is 9.10. The summed E-state index contributed by atoms with van der Waals surface area (Å²) in [6.45, 7) is 3.10. The van der Waals surface area contributed by atoms with E-state index in [2.05, 4.69) is 15.9 Å². The van der Waals surface area contributed by atoms with Crippen molar-refractivity contribution in [3.63, 3.8) is 0 Å². The first-order valence-corrected chi connectivity index (χ1v) is 6.53. The molecule has 0 radical (unpaired) electrons. The van der Waals surface area contributed by atoms with Gasteiger partial charge in [0.2, 0.25) is 0 Å². The van der Waals surface area contributed by atoms with Gasteiger partial charge in [-0.25, -0.2) is 0 Å². The fraction of sp³-hybridized carbons (Fsp3) is 0.583. The number of rotatable bonds is 1. The fourth-order valence-corrected chi connectivity index (χ4v) is 2.49. The van der Waals surface area contributed by atoms with Crippen molar-refractivity contribution in [2.24, 2.45) is 0 Å². The van der Waals surface area contributed by atoms with E-state index in [1.54, 1.807) is 11.0 Å². The van der Waals surface area contributed by atoms with E-state index in [-0.39, 0.29) is 5.91 Å². The van der Waals surface area contributed by atoms with E-state index in [4.69, 9.17) is 4.42 Å². The van der Waals surface area contributed by atoms with Gasteiger partial charge in [0, 0.05) is 13.1 Å². The van der Waals surface area contributed by atoms with Crippen LogP contribution in [0.15, 0.2) is 21.4 Å². The van der Waals surface area contributed by atoms with Crippen molar-refractivity contribution in [2.75, 3.05) is 13.1 Å². The van der Waals surface area contributed by atoms with Gasteiger partial charge in [-0.15, -0.1) is 0 Å². The molecule has 1 aliphatic heterocycles. The molecule has 0 spiro atoms. The third-order valence-corrected chi connectivity index (χ3v) is 3.81. The normalized spacial score (nSPS) is 25.7. The molecule has 94 valence electrons. The molecule has 5 heteroatoms. The summed E-state index contributed by atoms with van der Waals surface area (Å²) in [6.07, 6.45) is 3.68. The van der Waals surface area contributed by atoms with E-state index in [1.807, 2.05) is 6.92 Å². The maximum Gasteiger partial charge on any atom is 0.258 e. The molecular formula is C12H16BrNO3. The zero-order valence-electron chi connectivity index (χ0n) is 9.78. The second-order valence-electron chi connectivity index (χ2n) is 4.75. The molecule has 1 aromatic heterocycles. The fourth-order valence-electron chi connectivity index (χ4n) is 2.08. The van der Waals surface area contributed by atoms with Crippen LogP contribution in [0.3, 0.4) is 0 Å². The van der Waals surface area contributed by atoms with Crippen LogP contribution in [0.25, 0.3) is 0 Å². The van der Waals surface area contributed by atoms with Gasteiger partial charge in [-0.2, -0.15) is 0 Å². The Balaban J connectivity index is 2.08. The summed E-state index contributed by atoms with van der Waals surface area (Å²) >= 11 is 3.21. The second-order valence-corrected chi connectivity index (χ2v) is 5.47. The van der Waals surface area contributed by atoms with Crippen LogP contribution in [-0.4, -0.2) is 34.6 Å². The van der Waals surface area contributed by atoms with E-state index in [1.165, 1.54) is 6.26 Å². The number of likely N-dealkylation sites (tertiary alicyclic amines) is 1. The molecule has 1 saturated heterocycles. The smallest absolute Gasteiger partial charge is 0.258 e. The largest absolute Gasteiger partial charge is 0.457 e. The summed E-state index contributed by atoms with van der Waals surface area (Å²) in [6, 6.07) is 1.66. The molecule has 1 fully saturated rings. The van der Waals surface area contributed by atoms with Crippen LogP contribution < -0.4 is 0 Å². The lowest BCUT2D eigenvalue weighted by Crippen LogP contribution is -2.33. The van der Waals surface area contributed by atoms with Crippen molar-refractivity contribution in [3.05, 3.63) is 22.6 Å².